The van der Waals surface area contributed by atoms with E-state index in [2.05, 4.69) is 5.32 Å². The van der Waals surface area contributed by atoms with Gasteiger partial charge in [-0.3, -0.25) is 4.79 Å². The van der Waals surface area contributed by atoms with Gasteiger partial charge in [-0.2, -0.15) is 0 Å². The zero-order valence-electron chi connectivity index (χ0n) is 20.9. The Morgan fingerprint density at radius 2 is 1.72 bits per heavy atom. The van der Waals surface area contributed by atoms with Gasteiger partial charge < -0.3 is 20.3 Å². The summed E-state index contributed by atoms with van der Waals surface area (Å²) in [5.41, 5.74) is -1.00. The predicted octanol–water partition coefficient (Wildman–Crippen LogP) is 5.31. The van der Waals surface area contributed by atoms with E-state index in [4.69, 9.17) is 4.74 Å². The molecule has 3 atom stereocenters. The molecule has 36 heavy (non-hydrogen) atoms. The fourth-order valence-corrected chi connectivity index (χ4v) is 8.44. The molecule has 5 fully saturated rings. The molecule has 5 aliphatic rings. The molecule has 3 N–H and O–H groups in total. The summed E-state index contributed by atoms with van der Waals surface area (Å²) in [6.45, 7) is 0.566. The first kappa shape index (κ1) is 23.8. The van der Waals surface area contributed by atoms with E-state index in [0.717, 1.165) is 55.7 Å². The van der Waals surface area contributed by atoms with Crippen molar-refractivity contribution in [1.82, 2.24) is 5.32 Å². The van der Waals surface area contributed by atoms with Crippen LogP contribution in [0.2, 0.25) is 0 Å². The molecular weight excluding hydrogens is 454 g/mol. The number of hydrogen-bond donors (Lipinski definition) is 3. The third-order valence-corrected chi connectivity index (χ3v) is 9.52. The van der Waals surface area contributed by atoms with Crippen LogP contribution in [0.3, 0.4) is 0 Å². The highest BCUT2D eigenvalue weighted by Crippen LogP contribution is 2.62. The molecule has 0 spiro atoms. The molecule has 0 radical (unpaired) electrons. The standard InChI is InChI=1S/C30H37NO5/c32-27(31-26(28(33)34)29-13-20-12-21(14-29)16-30(35,15-20)18-29)24-11-10-22-8-4-5-9-23(22)25(24)36-17-19-6-2-1-3-7-19/h4-5,8-11,19-21,26,35H,1-3,6-7,12-18H2,(H,31,32)(H,33,34). The van der Waals surface area contributed by atoms with Gasteiger partial charge in [0.1, 0.15) is 11.8 Å². The SMILES string of the molecule is O=C(NC(C(=O)O)C12CC3CC(CC(O)(C3)C1)C2)c1ccc2ccccc2c1OCC1CCCCC1. The van der Waals surface area contributed by atoms with E-state index in [1.807, 2.05) is 30.3 Å². The van der Waals surface area contributed by atoms with Crippen molar-refractivity contribution in [3.63, 3.8) is 0 Å². The lowest BCUT2D eigenvalue weighted by Crippen LogP contribution is -2.64. The van der Waals surface area contributed by atoms with Crippen LogP contribution in [0, 0.1) is 23.2 Å². The molecular formula is C30H37NO5. The van der Waals surface area contributed by atoms with Gasteiger partial charge in [0.05, 0.1) is 17.8 Å². The molecule has 2 aromatic carbocycles. The van der Waals surface area contributed by atoms with Crippen molar-refractivity contribution in [1.29, 1.82) is 0 Å². The van der Waals surface area contributed by atoms with Crippen LogP contribution >= 0.6 is 0 Å². The topological polar surface area (TPSA) is 95.9 Å². The van der Waals surface area contributed by atoms with E-state index in [9.17, 15) is 19.8 Å². The van der Waals surface area contributed by atoms with Crippen molar-refractivity contribution in [3.8, 4) is 5.75 Å². The number of ether oxygens (including phenoxy) is 1. The van der Waals surface area contributed by atoms with Gasteiger partial charge in [0, 0.05) is 10.8 Å². The quantitative estimate of drug-likeness (QED) is 0.488. The van der Waals surface area contributed by atoms with Crippen LogP contribution in [-0.2, 0) is 4.79 Å². The highest BCUT2D eigenvalue weighted by Gasteiger charge is 2.61. The summed E-state index contributed by atoms with van der Waals surface area (Å²) in [4.78, 5) is 26.3. The zero-order valence-corrected chi connectivity index (χ0v) is 20.9. The molecule has 3 unspecified atom stereocenters. The van der Waals surface area contributed by atoms with Gasteiger partial charge in [-0.15, -0.1) is 0 Å². The Labute approximate surface area is 212 Å². The van der Waals surface area contributed by atoms with Crippen LogP contribution in [0.25, 0.3) is 10.8 Å². The fraction of sp³-hybridized carbons (Fsp3) is 0.600. The maximum atomic E-state index is 13.7. The van der Waals surface area contributed by atoms with E-state index >= 15 is 0 Å². The molecule has 2 aromatic rings. The molecule has 0 heterocycles. The van der Waals surface area contributed by atoms with Gasteiger partial charge in [0.2, 0.25) is 0 Å². The molecule has 0 saturated heterocycles. The van der Waals surface area contributed by atoms with Crippen LogP contribution in [0.4, 0.5) is 0 Å². The van der Waals surface area contributed by atoms with Gasteiger partial charge in [-0.25, -0.2) is 4.79 Å². The molecule has 192 valence electrons. The lowest BCUT2D eigenvalue weighted by Gasteiger charge is -2.61. The van der Waals surface area contributed by atoms with E-state index < -0.39 is 28.9 Å². The van der Waals surface area contributed by atoms with Crippen molar-refractivity contribution >= 4 is 22.6 Å². The molecule has 5 aliphatic carbocycles. The second-order valence-corrected chi connectivity index (χ2v) is 12.3. The zero-order chi connectivity index (χ0) is 24.9. The Hall–Kier alpha value is -2.60. The lowest BCUT2D eigenvalue weighted by atomic mass is 9.46. The van der Waals surface area contributed by atoms with Crippen molar-refractivity contribution < 1.29 is 24.5 Å². The second-order valence-electron chi connectivity index (χ2n) is 12.3. The minimum atomic E-state index is -1.03. The largest absolute Gasteiger partial charge is 0.492 e. The van der Waals surface area contributed by atoms with Gasteiger partial charge in [-0.05, 0) is 80.6 Å². The number of nitrogens with one attached hydrogen (secondary N) is 1. The van der Waals surface area contributed by atoms with E-state index in [1.165, 1.54) is 19.3 Å². The van der Waals surface area contributed by atoms with E-state index in [1.54, 1.807) is 6.07 Å². The van der Waals surface area contributed by atoms with Crippen molar-refractivity contribution in [2.24, 2.45) is 23.2 Å². The number of carbonyl (C=O) groups excluding carboxylic acids is 1. The van der Waals surface area contributed by atoms with Crippen LogP contribution in [-0.4, -0.2) is 40.3 Å². The molecule has 5 saturated carbocycles. The average Bonchev–Trinajstić information content (AvgIpc) is 2.84. The number of rotatable bonds is 7. The maximum absolute atomic E-state index is 13.7. The first-order valence-electron chi connectivity index (χ1n) is 13.7. The first-order valence-corrected chi connectivity index (χ1v) is 13.7. The number of carboxylic acid groups (broad SMARTS) is 1. The van der Waals surface area contributed by atoms with Gasteiger partial charge in [0.25, 0.3) is 5.91 Å². The van der Waals surface area contributed by atoms with Gasteiger partial charge in [0.15, 0.2) is 0 Å². The predicted molar refractivity (Wildman–Crippen MR) is 137 cm³/mol. The van der Waals surface area contributed by atoms with Crippen LogP contribution < -0.4 is 10.1 Å². The summed E-state index contributed by atoms with van der Waals surface area (Å²) >= 11 is 0. The minimum absolute atomic E-state index is 0.338. The van der Waals surface area contributed by atoms with E-state index in [0.29, 0.717) is 42.1 Å². The molecule has 1 amide bonds. The number of aliphatic hydroxyl groups is 1. The van der Waals surface area contributed by atoms with Crippen molar-refractivity contribution in [2.75, 3.05) is 6.61 Å². The number of carbonyl (C=O) groups is 2. The molecule has 0 aromatic heterocycles. The lowest BCUT2D eigenvalue weighted by molar-refractivity contribution is -0.181. The number of aliphatic carboxylic acids is 1. The Morgan fingerprint density at radius 3 is 2.42 bits per heavy atom. The molecule has 6 heteroatoms. The summed E-state index contributed by atoms with van der Waals surface area (Å²) in [6.07, 6.45) is 10.5. The highest BCUT2D eigenvalue weighted by atomic mass is 16.5. The third kappa shape index (κ3) is 4.27. The summed E-state index contributed by atoms with van der Waals surface area (Å²) in [5, 5.41) is 26.3. The average molecular weight is 492 g/mol. The van der Waals surface area contributed by atoms with Crippen molar-refractivity contribution in [2.45, 2.75) is 82.3 Å². The Kier molecular flexibility index (Phi) is 5.98. The number of hydrogen-bond acceptors (Lipinski definition) is 4. The minimum Gasteiger partial charge on any atom is -0.492 e. The molecule has 7 rings (SSSR count). The Bertz CT molecular complexity index is 1160. The summed E-state index contributed by atoms with van der Waals surface area (Å²) in [7, 11) is 0. The monoisotopic (exact) mass is 491 g/mol. The summed E-state index contributed by atoms with van der Waals surface area (Å²) < 4.78 is 6.37. The highest BCUT2D eigenvalue weighted by molar-refractivity contribution is 6.05. The Balaban J connectivity index is 1.30. The normalized spacial score (nSPS) is 32.4. The number of carboxylic acids is 1. The van der Waals surface area contributed by atoms with Crippen molar-refractivity contribution in [3.05, 3.63) is 42.0 Å². The molecule has 4 bridgehead atoms. The molecule has 0 aliphatic heterocycles. The molecule has 6 nitrogen and oxygen atoms in total. The van der Waals surface area contributed by atoms with Gasteiger partial charge >= 0.3 is 5.97 Å². The Morgan fingerprint density at radius 1 is 1.00 bits per heavy atom. The first-order chi connectivity index (χ1) is 17.3. The summed E-state index contributed by atoms with van der Waals surface area (Å²) in [5.74, 6) is 0.279. The van der Waals surface area contributed by atoms with Crippen LogP contribution in [0.15, 0.2) is 36.4 Å². The maximum Gasteiger partial charge on any atom is 0.326 e. The fourth-order valence-electron chi connectivity index (χ4n) is 8.44. The van der Waals surface area contributed by atoms with E-state index in [-0.39, 0.29) is 0 Å². The number of fused-ring (bicyclic) bond motifs is 1. The summed E-state index contributed by atoms with van der Waals surface area (Å²) in [6, 6.07) is 10.5. The van der Waals surface area contributed by atoms with Crippen LogP contribution in [0.1, 0.15) is 81.0 Å². The van der Waals surface area contributed by atoms with Crippen LogP contribution in [0.5, 0.6) is 5.75 Å². The smallest absolute Gasteiger partial charge is 0.326 e. The number of amides is 1. The van der Waals surface area contributed by atoms with Gasteiger partial charge in [-0.1, -0.05) is 49.6 Å². The number of benzene rings is 2. The second kappa shape index (κ2) is 9.05. The third-order valence-electron chi connectivity index (χ3n) is 9.52.